The maximum Gasteiger partial charge on any atom is 0.272 e. The smallest absolute Gasteiger partial charge is 0.272 e. The molecule has 0 spiro atoms. The summed E-state index contributed by atoms with van der Waals surface area (Å²) >= 11 is 0. The van der Waals surface area contributed by atoms with Crippen molar-refractivity contribution in [2.24, 2.45) is 7.05 Å². The second kappa shape index (κ2) is 9.77. The third-order valence-corrected chi connectivity index (χ3v) is 6.10. The molecule has 6 heteroatoms. The van der Waals surface area contributed by atoms with Crippen molar-refractivity contribution >= 4 is 16.8 Å². The first-order valence-corrected chi connectivity index (χ1v) is 11.6. The van der Waals surface area contributed by atoms with Gasteiger partial charge in [0.25, 0.3) is 5.91 Å². The maximum absolute atomic E-state index is 13.6. The van der Waals surface area contributed by atoms with Gasteiger partial charge in [-0.3, -0.25) is 9.48 Å². The molecule has 0 unspecified atom stereocenters. The number of carbonyl (C=O) groups is 1. The molecule has 2 aromatic carbocycles. The molecule has 1 amide bonds. The van der Waals surface area contributed by atoms with Gasteiger partial charge in [-0.05, 0) is 64.2 Å². The molecular formula is C28H33N5O. The van der Waals surface area contributed by atoms with Crippen LogP contribution in [-0.4, -0.2) is 57.7 Å². The highest BCUT2D eigenvalue weighted by molar-refractivity contribution is 5.93. The summed E-state index contributed by atoms with van der Waals surface area (Å²) in [6, 6.07) is 18.7. The van der Waals surface area contributed by atoms with E-state index in [2.05, 4.69) is 72.4 Å². The van der Waals surface area contributed by atoms with Crippen LogP contribution in [0.25, 0.3) is 22.2 Å². The number of nitrogens with zero attached hydrogens (tertiary/aromatic N) is 5. The van der Waals surface area contributed by atoms with Gasteiger partial charge in [-0.25, -0.2) is 4.98 Å². The molecule has 0 aliphatic rings. The highest BCUT2D eigenvalue weighted by Crippen LogP contribution is 2.29. The minimum Gasteiger partial charge on any atom is -0.332 e. The Morgan fingerprint density at radius 2 is 1.74 bits per heavy atom. The zero-order chi connectivity index (χ0) is 24.4. The van der Waals surface area contributed by atoms with Gasteiger partial charge in [0.05, 0.1) is 16.9 Å². The molecule has 0 N–H and O–H groups in total. The second-order valence-electron chi connectivity index (χ2n) is 9.34. The van der Waals surface area contributed by atoms with Crippen LogP contribution in [0.3, 0.4) is 0 Å². The average molecular weight is 456 g/mol. The summed E-state index contributed by atoms with van der Waals surface area (Å²) in [7, 11) is 5.87. The maximum atomic E-state index is 13.6. The van der Waals surface area contributed by atoms with Crippen LogP contribution in [-0.2, 0) is 13.6 Å². The number of likely N-dealkylation sites (N-methyl/N-ethyl adjacent to an activating group) is 1. The van der Waals surface area contributed by atoms with Gasteiger partial charge < -0.3 is 9.80 Å². The summed E-state index contributed by atoms with van der Waals surface area (Å²) in [6.45, 7) is 7.93. The van der Waals surface area contributed by atoms with Gasteiger partial charge >= 0.3 is 0 Å². The Morgan fingerprint density at radius 3 is 2.41 bits per heavy atom. The molecular weight excluding hydrogens is 422 g/mol. The lowest BCUT2D eigenvalue weighted by molar-refractivity contribution is 0.0721. The normalized spacial score (nSPS) is 11.4. The van der Waals surface area contributed by atoms with E-state index in [-0.39, 0.29) is 5.91 Å². The van der Waals surface area contributed by atoms with Crippen molar-refractivity contribution in [3.8, 4) is 11.3 Å². The molecule has 0 atom stereocenters. The summed E-state index contributed by atoms with van der Waals surface area (Å²) < 4.78 is 1.67. The van der Waals surface area contributed by atoms with E-state index in [0.717, 1.165) is 45.5 Å². The number of amides is 1. The molecule has 0 saturated carbocycles. The zero-order valence-corrected chi connectivity index (χ0v) is 21.0. The monoisotopic (exact) mass is 455 g/mol. The van der Waals surface area contributed by atoms with Gasteiger partial charge in [0.1, 0.15) is 5.69 Å². The number of pyridine rings is 1. The van der Waals surface area contributed by atoms with E-state index in [9.17, 15) is 4.79 Å². The lowest BCUT2D eigenvalue weighted by atomic mass is 10.00. The first-order valence-electron chi connectivity index (χ1n) is 11.6. The Morgan fingerprint density at radius 1 is 0.971 bits per heavy atom. The number of benzene rings is 2. The standard InChI is InChI=1S/C28H33N5O/c1-19-9-7-11-22(15-19)27-24(17-23-12-8-10-20(2)26(23)29-27)18-33(14-13-31(4)5)28(34)25-16-21(3)30-32(25)6/h7-12,15-17H,13-14,18H2,1-6H3. The Hall–Kier alpha value is -3.51. The number of carbonyl (C=O) groups excluding carboxylic acids is 1. The summed E-state index contributed by atoms with van der Waals surface area (Å²) in [4.78, 5) is 22.8. The fraction of sp³-hybridized carbons (Fsp3) is 0.321. The highest BCUT2D eigenvalue weighted by atomic mass is 16.2. The van der Waals surface area contributed by atoms with Crippen LogP contribution >= 0.6 is 0 Å². The van der Waals surface area contributed by atoms with Crippen LogP contribution in [0.2, 0.25) is 0 Å². The average Bonchev–Trinajstić information content (AvgIpc) is 3.13. The Bertz CT molecular complexity index is 1340. The van der Waals surface area contributed by atoms with E-state index in [1.807, 2.05) is 39.0 Å². The lowest BCUT2D eigenvalue weighted by Gasteiger charge is -2.26. The Labute approximate surface area is 201 Å². The van der Waals surface area contributed by atoms with Crippen molar-refractivity contribution < 1.29 is 4.79 Å². The Balaban J connectivity index is 1.82. The van der Waals surface area contributed by atoms with E-state index >= 15 is 0 Å². The molecule has 34 heavy (non-hydrogen) atoms. The highest BCUT2D eigenvalue weighted by Gasteiger charge is 2.22. The summed E-state index contributed by atoms with van der Waals surface area (Å²) in [5, 5.41) is 5.47. The van der Waals surface area contributed by atoms with Crippen molar-refractivity contribution in [2.75, 3.05) is 27.2 Å². The Kier molecular flexibility index (Phi) is 6.80. The van der Waals surface area contributed by atoms with Crippen LogP contribution in [0, 0.1) is 20.8 Å². The first-order chi connectivity index (χ1) is 16.2. The lowest BCUT2D eigenvalue weighted by Crippen LogP contribution is -2.37. The number of hydrogen-bond donors (Lipinski definition) is 0. The van der Waals surface area contributed by atoms with E-state index in [0.29, 0.717) is 18.8 Å². The summed E-state index contributed by atoms with van der Waals surface area (Å²) in [6.07, 6.45) is 0. The van der Waals surface area contributed by atoms with Gasteiger partial charge in [-0.15, -0.1) is 0 Å². The number of rotatable bonds is 7. The van der Waals surface area contributed by atoms with E-state index in [1.54, 1.807) is 4.68 Å². The van der Waals surface area contributed by atoms with Gasteiger partial charge in [0.2, 0.25) is 0 Å². The molecule has 0 aliphatic carbocycles. The molecule has 0 fully saturated rings. The van der Waals surface area contributed by atoms with E-state index in [4.69, 9.17) is 4.98 Å². The molecule has 0 saturated heterocycles. The summed E-state index contributed by atoms with van der Waals surface area (Å²) in [5.74, 6) is -0.0236. The van der Waals surface area contributed by atoms with Crippen molar-refractivity contribution in [1.29, 1.82) is 0 Å². The molecule has 0 aliphatic heterocycles. The molecule has 6 nitrogen and oxygen atoms in total. The minimum absolute atomic E-state index is 0.0236. The molecule has 0 bridgehead atoms. The molecule has 0 radical (unpaired) electrons. The number of aromatic nitrogens is 3. The number of fused-ring (bicyclic) bond motifs is 1. The molecule has 2 aromatic heterocycles. The van der Waals surface area contributed by atoms with Crippen molar-refractivity contribution in [1.82, 2.24) is 24.6 Å². The third kappa shape index (κ3) is 5.02. The molecule has 176 valence electrons. The topological polar surface area (TPSA) is 54.3 Å². The van der Waals surface area contributed by atoms with Gasteiger partial charge in [0, 0.05) is 37.6 Å². The van der Waals surface area contributed by atoms with Crippen molar-refractivity contribution in [3.05, 3.63) is 82.7 Å². The minimum atomic E-state index is -0.0236. The van der Waals surface area contributed by atoms with Crippen LogP contribution in [0.5, 0.6) is 0 Å². The molecule has 4 rings (SSSR count). The van der Waals surface area contributed by atoms with E-state index < -0.39 is 0 Å². The largest absolute Gasteiger partial charge is 0.332 e. The molecule has 4 aromatic rings. The van der Waals surface area contributed by atoms with Crippen LogP contribution in [0.4, 0.5) is 0 Å². The van der Waals surface area contributed by atoms with Crippen LogP contribution < -0.4 is 0 Å². The van der Waals surface area contributed by atoms with Crippen LogP contribution in [0.15, 0.2) is 54.6 Å². The predicted octanol–water partition coefficient (Wildman–Crippen LogP) is 4.76. The van der Waals surface area contributed by atoms with Crippen molar-refractivity contribution in [3.63, 3.8) is 0 Å². The SMILES string of the molecule is Cc1cccc(-c2nc3c(C)cccc3cc2CN(CCN(C)C)C(=O)c2cc(C)nn2C)c1. The van der Waals surface area contributed by atoms with Gasteiger partial charge in [0.15, 0.2) is 0 Å². The number of aryl methyl sites for hydroxylation is 4. The quantitative estimate of drug-likeness (QED) is 0.403. The number of hydrogen-bond acceptors (Lipinski definition) is 4. The fourth-order valence-electron chi connectivity index (χ4n) is 4.30. The second-order valence-corrected chi connectivity index (χ2v) is 9.34. The van der Waals surface area contributed by atoms with Crippen molar-refractivity contribution in [2.45, 2.75) is 27.3 Å². The fourth-order valence-corrected chi connectivity index (χ4v) is 4.30. The summed E-state index contributed by atoms with van der Waals surface area (Å²) in [5.41, 5.74) is 7.78. The van der Waals surface area contributed by atoms with Gasteiger partial charge in [-0.1, -0.05) is 42.0 Å². The zero-order valence-electron chi connectivity index (χ0n) is 21.0. The van der Waals surface area contributed by atoms with E-state index in [1.165, 1.54) is 5.56 Å². The van der Waals surface area contributed by atoms with Crippen LogP contribution in [0.1, 0.15) is 32.9 Å². The number of para-hydroxylation sites is 1. The third-order valence-electron chi connectivity index (χ3n) is 6.10. The molecule has 2 heterocycles. The first kappa shape index (κ1) is 23.6. The van der Waals surface area contributed by atoms with Gasteiger partial charge in [-0.2, -0.15) is 5.10 Å². The predicted molar refractivity (Wildman–Crippen MR) is 138 cm³/mol.